The molecule has 0 aliphatic rings. The van der Waals surface area contributed by atoms with E-state index in [1.807, 2.05) is 6.92 Å². The van der Waals surface area contributed by atoms with Crippen molar-refractivity contribution in [3.05, 3.63) is 0 Å². The maximum absolute atomic E-state index is 5.21. The van der Waals surface area contributed by atoms with Gasteiger partial charge in [-0.25, -0.2) is 0 Å². The molecular weight excluding hydrogens is 128 g/mol. The van der Waals surface area contributed by atoms with Gasteiger partial charge in [-0.05, 0) is 0 Å². The Kier molecular flexibility index (Phi) is 5.19. The molecule has 0 aromatic carbocycles. The highest BCUT2D eigenvalue weighted by Crippen LogP contribution is 2.04. The predicted octanol–water partition coefficient (Wildman–Crippen LogP) is 0.589. The average Bonchev–Trinajstić information content (AvgIpc) is 1.68. The third-order valence-electron chi connectivity index (χ3n) is 0.563. The third-order valence-corrected chi connectivity index (χ3v) is 2.10. The van der Waals surface area contributed by atoms with Crippen molar-refractivity contribution in [1.82, 2.24) is 0 Å². The molecule has 0 heterocycles. The summed E-state index contributed by atoms with van der Waals surface area (Å²) in [6, 6.07) is 0. The normalized spacial score (nSPS) is 14.1. The van der Waals surface area contributed by atoms with E-state index < -0.39 is 0 Å². The molecule has 0 saturated heterocycles. The van der Waals surface area contributed by atoms with Crippen LogP contribution in [0.2, 0.25) is 0 Å². The van der Waals surface area contributed by atoms with Gasteiger partial charge in [0.2, 0.25) is 0 Å². The standard InChI is InChI=1S/C3H10N2S2/c1-3(7-5)2-6-4/h3H,2,4-5H2,1H3. The average molecular weight is 138 g/mol. The van der Waals surface area contributed by atoms with Crippen LogP contribution in [-0.4, -0.2) is 11.0 Å². The molecule has 4 heteroatoms. The zero-order valence-electron chi connectivity index (χ0n) is 4.26. The van der Waals surface area contributed by atoms with Crippen LogP contribution < -0.4 is 10.3 Å². The number of rotatable bonds is 3. The molecule has 0 saturated carbocycles. The topological polar surface area (TPSA) is 52.0 Å². The molecule has 1 unspecified atom stereocenters. The first-order valence-electron chi connectivity index (χ1n) is 1.98. The Morgan fingerprint density at radius 1 is 1.57 bits per heavy atom. The lowest BCUT2D eigenvalue weighted by atomic mass is 10.6. The highest BCUT2D eigenvalue weighted by Gasteiger charge is 1.94. The lowest BCUT2D eigenvalue weighted by Gasteiger charge is -2.01. The van der Waals surface area contributed by atoms with E-state index in [1.54, 1.807) is 0 Å². The van der Waals surface area contributed by atoms with E-state index in [-0.39, 0.29) is 0 Å². The van der Waals surface area contributed by atoms with Crippen LogP contribution in [0.5, 0.6) is 0 Å². The van der Waals surface area contributed by atoms with Crippen LogP contribution in [0.4, 0.5) is 0 Å². The van der Waals surface area contributed by atoms with Crippen molar-refractivity contribution in [1.29, 1.82) is 0 Å². The van der Waals surface area contributed by atoms with E-state index in [9.17, 15) is 0 Å². The van der Waals surface area contributed by atoms with Crippen molar-refractivity contribution in [3.8, 4) is 0 Å². The minimum Gasteiger partial charge on any atom is -0.278 e. The van der Waals surface area contributed by atoms with E-state index in [2.05, 4.69) is 0 Å². The van der Waals surface area contributed by atoms with Gasteiger partial charge in [-0.15, -0.1) is 0 Å². The molecule has 0 aliphatic carbocycles. The van der Waals surface area contributed by atoms with Crippen molar-refractivity contribution < 1.29 is 0 Å². The van der Waals surface area contributed by atoms with Crippen molar-refractivity contribution in [3.63, 3.8) is 0 Å². The fourth-order valence-electron chi connectivity index (χ4n) is 0.175. The lowest BCUT2D eigenvalue weighted by Crippen LogP contribution is -2.04. The van der Waals surface area contributed by atoms with E-state index in [0.29, 0.717) is 5.25 Å². The molecule has 0 aliphatic heterocycles. The fraction of sp³-hybridized carbons (Fsp3) is 1.00. The Labute approximate surface area is 52.7 Å². The highest BCUT2D eigenvalue weighted by molar-refractivity contribution is 8.01. The molecule has 0 fully saturated rings. The first-order chi connectivity index (χ1) is 3.31. The summed E-state index contributed by atoms with van der Waals surface area (Å²) < 4.78 is 0. The molecule has 2 nitrogen and oxygen atoms in total. The Bertz CT molecular complexity index is 41.9. The third kappa shape index (κ3) is 4.47. The zero-order chi connectivity index (χ0) is 5.70. The van der Waals surface area contributed by atoms with Gasteiger partial charge in [-0.1, -0.05) is 30.8 Å². The maximum atomic E-state index is 5.21. The Morgan fingerprint density at radius 3 is 2.29 bits per heavy atom. The molecule has 0 aromatic rings. The van der Waals surface area contributed by atoms with Crippen LogP contribution in [0.1, 0.15) is 6.92 Å². The SMILES string of the molecule is CC(CSN)SN. The molecule has 44 valence electrons. The second kappa shape index (κ2) is 4.77. The summed E-state index contributed by atoms with van der Waals surface area (Å²) in [6.07, 6.45) is 0. The van der Waals surface area contributed by atoms with Crippen LogP contribution in [0, 0.1) is 0 Å². The van der Waals surface area contributed by atoms with Gasteiger partial charge < -0.3 is 0 Å². The first-order valence-corrected chi connectivity index (χ1v) is 3.97. The van der Waals surface area contributed by atoms with Crippen LogP contribution in [0.3, 0.4) is 0 Å². The monoisotopic (exact) mass is 138 g/mol. The van der Waals surface area contributed by atoms with Crippen molar-refractivity contribution in [2.24, 2.45) is 10.3 Å². The quantitative estimate of drug-likeness (QED) is 0.560. The minimum absolute atomic E-state index is 0.481. The van der Waals surface area contributed by atoms with Crippen LogP contribution in [-0.2, 0) is 0 Å². The molecule has 0 rings (SSSR count). The van der Waals surface area contributed by atoms with Crippen molar-refractivity contribution in [2.75, 3.05) is 5.75 Å². The van der Waals surface area contributed by atoms with Gasteiger partial charge >= 0.3 is 0 Å². The fourth-order valence-corrected chi connectivity index (χ4v) is 0.996. The summed E-state index contributed by atoms with van der Waals surface area (Å²) in [6.45, 7) is 2.05. The molecular formula is C3H10N2S2. The summed E-state index contributed by atoms with van der Waals surface area (Å²) in [4.78, 5) is 0. The molecule has 1 atom stereocenters. The Morgan fingerprint density at radius 2 is 2.14 bits per heavy atom. The van der Waals surface area contributed by atoms with Crippen LogP contribution in [0.15, 0.2) is 0 Å². The van der Waals surface area contributed by atoms with Gasteiger partial charge in [0.1, 0.15) is 0 Å². The minimum atomic E-state index is 0.481. The number of nitrogens with two attached hydrogens (primary N) is 2. The van der Waals surface area contributed by atoms with Gasteiger partial charge in [-0.2, -0.15) is 0 Å². The first kappa shape index (κ1) is 7.62. The summed E-state index contributed by atoms with van der Waals surface area (Å²) in [5.41, 5.74) is 0. The highest BCUT2D eigenvalue weighted by atomic mass is 32.2. The molecule has 0 spiro atoms. The molecule has 0 radical (unpaired) electrons. The lowest BCUT2D eigenvalue weighted by molar-refractivity contribution is 1.13. The molecule has 0 amide bonds. The smallest absolute Gasteiger partial charge is 0.0265 e. The Balaban J connectivity index is 2.83. The molecule has 0 bridgehead atoms. The van der Waals surface area contributed by atoms with Crippen LogP contribution >= 0.6 is 23.9 Å². The summed E-state index contributed by atoms with van der Waals surface area (Å²) >= 11 is 2.68. The van der Waals surface area contributed by atoms with E-state index >= 15 is 0 Å². The zero-order valence-corrected chi connectivity index (χ0v) is 5.89. The van der Waals surface area contributed by atoms with E-state index in [0.717, 1.165) is 5.75 Å². The second-order valence-electron chi connectivity index (χ2n) is 1.28. The summed E-state index contributed by atoms with van der Waals surface area (Å²) in [7, 11) is 0. The van der Waals surface area contributed by atoms with Gasteiger partial charge in [0.15, 0.2) is 0 Å². The summed E-state index contributed by atoms with van der Waals surface area (Å²) in [5.74, 6) is 0.932. The van der Waals surface area contributed by atoms with Gasteiger partial charge in [0.25, 0.3) is 0 Å². The van der Waals surface area contributed by atoms with E-state index in [4.69, 9.17) is 10.3 Å². The molecule has 0 aromatic heterocycles. The van der Waals surface area contributed by atoms with Crippen molar-refractivity contribution >= 4 is 23.9 Å². The van der Waals surface area contributed by atoms with Crippen molar-refractivity contribution in [2.45, 2.75) is 12.2 Å². The number of hydrogen-bond acceptors (Lipinski definition) is 4. The van der Waals surface area contributed by atoms with Gasteiger partial charge in [0.05, 0.1) is 0 Å². The molecule has 7 heavy (non-hydrogen) atoms. The maximum Gasteiger partial charge on any atom is 0.0265 e. The largest absolute Gasteiger partial charge is 0.278 e. The second-order valence-corrected chi connectivity index (χ2v) is 3.02. The van der Waals surface area contributed by atoms with E-state index in [1.165, 1.54) is 23.9 Å². The molecule has 4 N–H and O–H groups in total. The predicted molar refractivity (Wildman–Crippen MR) is 37.9 cm³/mol. The van der Waals surface area contributed by atoms with Gasteiger partial charge in [-0.3, -0.25) is 10.3 Å². The summed E-state index contributed by atoms with van der Waals surface area (Å²) in [5, 5.41) is 10.8. The Hall–Kier alpha value is 0.620. The van der Waals surface area contributed by atoms with Crippen LogP contribution in [0.25, 0.3) is 0 Å². The van der Waals surface area contributed by atoms with Gasteiger partial charge in [0, 0.05) is 11.0 Å². The number of hydrogen-bond donors (Lipinski definition) is 2.